The lowest BCUT2D eigenvalue weighted by atomic mass is 9.99. The van der Waals surface area contributed by atoms with E-state index in [0.717, 1.165) is 0 Å². The molecule has 1 rings (SSSR count). The van der Waals surface area contributed by atoms with Crippen LogP contribution >= 0.6 is 0 Å². The van der Waals surface area contributed by atoms with Crippen molar-refractivity contribution in [3.8, 4) is 0 Å². The predicted octanol–water partition coefficient (Wildman–Crippen LogP) is -0.0474. The Bertz CT molecular complexity index is 212. The molecular formula is C9H16FNO3. The number of methoxy groups -OCH3 is 1. The molecule has 0 aromatic heterocycles. The number of piperidine rings is 1. The number of nitrogens with zero attached hydrogens (tertiary/aromatic N) is 1. The van der Waals surface area contributed by atoms with E-state index in [9.17, 15) is 9.18 Å². The Labute approximate surface area is 82.6 Å². The molecule has 1 aliphatic rings. The summed E-state index contributed by atoms with van der Waals surface area (Å²) in [5, 5.41) is 8.67. The molecule has 0 bridgehead atoms. The van der Waals surface area contributed by atoms with Gasteiger partial charge in [-0.05, 0) is 13.3 Å². The minimum Gasteiger partial charge on any atom is -0.387 e. The van der Waals surface area contributed by atoms with Gasteiger partial charge in [0.2, 0.25) is 5.91 Å². The summed E-state index contributed by atoms with van der Waals surface area (Å²) in [6, 6.07) is -0.0772. The van der Waals surface area contributed by atoms with E-state index in [4.69, 9.17) is 9.84 Å². The van der Waals surface area contributed by atoms with Crippen LogP contribution in [0.25, 0.3) is 0 Å². The summed E-state index contributed by atoms with van der Waals surface area (Å²) in [6.45, 7) is 1.28. The van der Waals surface area contributed by atoms with Crippen LogP contribution in [0, 0.1) is 0 Å². The Morgan fingerprint density at radius 3 is 2.86 bits per heavy atom. The van der Waals surface area contributed by atoms with Crippen LogP contribution in [0.4, 0.5) is 4.39 Å². The van der Waals surface area contributed by atoms with Crippen molar-refractivity contribution < 1.29 is 19.0 Å². The summed E-state index contributed by atoms with van der Waals surface area (Å²) in [5.41, 5.74) is 0. The van der Waals surface area contributed by atoms with Crippen LogP contribution in [0.3, 0.4) is 0 Å². The number of hydrogen-bond acceptors (Lipinski definition) is 3. The fraction of sp³-hybridized carbons (Fsp3) is 0.889. The first kappa shape index (κ1) is 11.4. The highest BCUT2D eigenvalue weighted by molar-refractivity contribution is 5.77. The Hall–Kier alpha value is -0.680. The lowest BCUT2D eigenvalue weighted by molar-refractivity contribution is -0.143. The number of amides is 1. The SMILES string of the molecule is CO[C@H]1C[C@H](C)N(C(=O)CO)C[C@@H]1F. The van der Waals surface area contributed by atoms with Crippen molar-refractivity contribution in [1.29, 1.82) is 0 Å². The van der Waals surface area contributed by atoms with E-state index in [1.165, 1.54) is 12.0 Å². The second-order valence-electron chi connectivity index (χ2n) is 3.58. The number of likely N-dealkylation sites (tertiary alicyclic amines) is 1. The van der Waals surface area contributed by atoms with Gasteiger partial charge in [-0.3, -0.25) is 4.79 Å². The van der Waals surface area contributed by atoms with Crippen LogP contribution in [-0.4, -0.2) is 54.5 Å². The maximum Gasteiger partial charge on any atom is 0.248 e. The van der Waals surface area contributed by atoms with E-state index in [0.29, 0.717) is 6.42 Å². The summed E-state index contributed by atoms with van der Waals surface area (Å²) >= 11 is 0. The summed E-state index contributed by atoms with van der Waals surface area (Å²) in [5.74, 6) is -0.422. The second-order valence-corrected chi connectivity index (χ2v) is 3.58. The lowest BCUT2D eigenvalue weighted by Crippen LogP contribution is -2.53. The maximum absolute atomic E-state index is 13.4. The number of ether oxygens (including phenoxy) is 1. The van der Waals surface area contributed by atoms with Crippen molar-refractivity contribution in [2.75, 3.05) is 20.3 Å². The van der Waals surface area contributed by atoms with Crippen molar-refractivity contribution in [3.05, 3.63) is 0 Å². The van der Waals surface area contributed by atoms with Crippen molar-refractivity contribution in [2.24, 2.45) is 0 Å². The minimum atomic E-state index is -1.16. The van der Waals surface area contributed by atoms with Gasteiger partial charge in [0, 0.05) is 13.2 Å². The molecule has 5 heteroatoms. The fourth-order valence-corrected chi connectivity index (χ4v) is 1.78. The van der Waals surface area contributed by atoms with Crippen LogP contribution in [0.15, 0.2) is 0 Å². The maximum atomic E-state index is 13.4. The first-order chi connectivity index (χ1) is 6.60. The monoisotopic (exact) mass is 205 g/mol. The van der Waals surface area contributed by atoms with Gasteiger partial charge in [-0.2, -0.15) is 0 Å². The van der Waals surface area contributed by atoms with E-state index in [-0.39, 0.29) is 12.6 Å². The van der Waals surface area contributed by atoms with Crippen LogP contribution < -0.4 is 0 Å². The van der Waals surface area contributed by atoms with Gasteiger partial charge in [0.25, 0.3) is 0 Å². The average molecular weight is 205 g/mol. The smallest absolute Gasteiger partial charge is 0.248 e. The number of halogens is 1. The molecule has 4 nitrogen and oxygen atoms in total. The van der Waals surface area contributed by atoms with Gasteiger partial charge in [-0.15, -0.1) is 0 Å². The molecule has 1 aliphatic heterocycles. The van der Waals surface area contributed by atoms with E-state index in [1.807, 2.05) is 6.92 Å². The Morgan fingerprint density at radius 1 is 1.71 bits per heavy atom. The Morgan fingerprint density at radius 2 is 2.36 bits per heavy atom. The molecule has 0 aromatic carbocycles. The van der Waals surface area contributed by atoms with Crippen LogP contribution in [0.1, 0.15) is 13.3 Å². The van der Waals surface area contributed by atoms with Crippen LogP contribution in [-0.2, 0) is 9.53 Å². The summed E-state index contributed by atoms with van der Waals surface area (Å²) < 4.78 is 18.3. The first-order valence-electron chi connectivity index (χ1n) is 4.67. The van der Waals surface area contributed by atoms with E-state index in [2.05, 4.69) is 0 Å². The molecule has 0 unspecified atom stereocenters. The normalized spacial score (nSPS) is 33.1. The number of carbonyl (C=O) groups is 1. The number of aliphatic hydroxyl groups is 1. The lowest BCUT2D eigenvalue weighted by Gasteiger charge is -2.38. The first-order valence-corrected chi connectivity index (χ1v) is 4.67. The van der Waals surface area contributed by atoms with Crippen molar-refractivity contribution in [2.45, 2.75) is 31.7 Å². The topological polar surface area (TPSA) is 49.8 Å². The zero-order valence-corrected chi connectivity index (χ0v) is 8.44. The van der Waals surface area contributed by atoms with Gasteiger partial charge < -0.3 is 14.7 Å². The third kappa shape index (κ3) is 2.22. The molecule has 1 fully saturated rings. The molecule has 0 radical (unpaired) electrons. The molecule has 14 heavy (non-hydrogen) atoms. The number of carbonyl (C=O) groups excluding carboxylic acids is 1. The fourth-order valence-electron chi connectivity index (χ4n) is 1.78. The Balaban J connectivity index is 2.61. The molecular weight excluding hydrogens is 189 g/mol. The highest BCUT2D eigenvalue weighted by Crippen LogP contribution is 2.21. The van der Waals surface area contributed by atoms with Crippen molar-refractivity contribution in [1.82, 2.24) is 4.90 Å². The number of alkyl halides is 1. The van der Waals surface area contributed by atoms with Crippen molar-refractivity contribution in [3.63, 3.8) is 0 Å². The standard InChI is InChI=1S/C9H16FNO3/c1-6-3-8(14-2)7(10)4-11(6)9(13)5-12/h6-8,12H,3-5H2,1-2H3/t6-,7-,8-/m0/s1. The quantitative estimate of drug-likeness (QED) is 0.687. The zero-order chi connectivity index (χ0) is 10.7. The predicted molar refractivity (Wildman–Crippen MR) is 48.6 cm³/mol. The summed E-state index contributed by atoms with van der Waals surface area (Å²) in [4.78, 5) is 12.5. The molecule has 0 spiro atoms. The number of rotatable bonds is 2. The van der Waals surface area contributed by atoms with E-state index < -0.39 is 24.8 Å². The molecule has 1 heterocycles. The third-order valence-corrected chi connectivity index (χ3v) is 2.64. The van der Waals surface area contributed by atoms with Gasteiger partial charge in [-0.25, -0.2) is 4.39 Å². The molecule has 0 aliphatic carbocycles. The van der Waals surface area contributed by atoms with E-state index in [1.54, 1.807) is 0 Å². The Kier molecular flexibility index (Phi) is 3.83. The van der Waals surface area contributed by atoms with Crippen LogP contribution in [0.2, 0.25) is 0 Å². The number of hydrogen-bond donors (Lipinski definition) is 1. The van der Waals surface area contributed by atoms with Gasteiger partial charge >= 0.3 is 0 Å². The minimum absolute atomic E-state index is 0.0130. The van der Waals surface area contributed by atoms with Gasteiger partial charge in [0.15, 0.2) is 0 Å². The molecule has 0 saturated carbocycles. The number of aliphatic hydroxyl groups excluding tert-OH is 1. The third-order valence-electron chi connectivity index (χ3n) is 2.64. The average Bonchev–Trinajstić information content (AvgIpc) is 2.19. The van der Waals surface area contributed by atoms with Crippen molar-refractivity contribution >= 4 is 5.91 Å². The summed E-state index contributed by atoms with van der Waals surface area (Å²) in [7, 11) is 1.47. The molecule has 3 atom stereocenters. The highest BCUT2D eigenvalue weighted by Gasteiger charge is 2.35. The van der Waals surface area contributed by atoms with Gasteiger partial charge in [-0.1, -0.05) is 0 Å². The molecule has 82 valence electrons. The van der Waals surface area contributed by atoms with Gasteiger partial charge in [0.1, 0.15) is 12.8 Å². The van der Waals surface area contributed by atoms with Crippen LogP contribution in [0.5, 0.6) is 0 Å². The molecule has 1 amide bonds. The molecule has 1 saturated heterocycles. The molecule has 1 N–H and O–H groups in total. The largest absolute Gasteiger partial charge is 0.387 e. The molecule has 0 aromatic rings. The second kappa shape index (κ2) is 4.70. The zero-order valence-electron chi connectivity index (χ0n) is 8.44. The highest BCUT2D eigenvalue weighted by atomic mass is 19.1. The van der Waals surface area contributed by atoms with Gasteiger partial charge in [0.05, 0.1) is 12.6 Å². The summed E-state index contributed by atoms with van der Waals surface area (Å²) in [6.07, 6.45) is -1.12. The van der Waals surface area contributed by atoms with E-state index >= 15 is 0 Å².